The van der Waals surface area contributed by atoms with Gasteiger partial charge in [-0.05, 0) is 36.4 Å². The number of rotatable bonds is 0. The summed E-state index contributed by atoms with van der Waals surface area (Å²) in [7, 11) is 0. The number of phenolic OH excluding ortho intramolecular Hbond substituents is 1. The van der Waals surface area contributed by atoms with Crippen LogP contribution in [0, 0.1) is 0 Å². The molecule has 0 radical (unpaired) electrons. The first-order chi connectivity index (χ1) is 13.3. The highest BCUT2D eigenvalue weighted by molar-refractivity contribution is 5.75. The molecule has 140 valence electrons. The van der Waals surface area contributed by atoms with E-state index in [0.29, 0.717) is 5.75 Å². The van der Waals surface area contributed by atoms with E-state index in [-0.39, 0.29) is 0 Å². The van der Waals surface area contributed by atoms with Crippen molar-refractivity contribution in [1.29, 1.82) is 0 Å². The van der Waals surface area contributed by atoms with Crippen LogP contribution in [0.25, 0.3) is 0 Å². The zero-order valence-corrected chi connectivity index (χ0v) is 15.2. The lowest BCUT2D eigenvalue weighted by Crippen LogP contribution is -2.39. The molecule has 2 heterocycles. The number of fused-ring (bicyclic) bond motifs is 2. The van der Waals surface area contributed by atoms with Gasteiger partial charge in [0.1, 0.15) is 5.75 Å². The molecule has 5 heteroatoms. The van der Waals surface area contributed by atoms with Gasteiger partial charge >= 0.3 is 0 Å². The number of aromatic hydroxyl groups is 1. The Labute approximate surface area is 160 Å². The number of anilines is 2. The van der Waals surface area contributed by atoms with E-state index >= 15 is 0 Å². The topological polar surface area (TPSA) is 65.5 Å². The van der Waals surface area contributed by atoms with Crippen LogP contribution in [-0.2, 0) is 0 Å². The van der Waals surface area contributed by atoms with Gasteiger partial charge in [0.25, 0.3) is 0 Å². The molecule has 5 nitrogen and oxygen atoms in total. The summed E-state index contributed by atoms with van der Waals surface area (Å²) < 4.78 is 5.71. The number of ether oxygens (including phenoxy) is 1. The summed E-state index contributed by atoms with van der Waals surface area (Å²) in [6.45, 7) is 4.56. The predicted molar refractivity (Wildman–Crippen MR) is 110 cm³/mol. The molecule has 0 bridgehead atoms. The molecule has 0 aromatic heterocycles. The molecular formula is C22H25N3O2. The number of hydrogen-bond donors (Lipinski definition) is 4. The summed E-state index contributed by atoms with van der Waals surface area (Å²) in [5.41, 5.74) is 2.04. The lowest BCUT2D eigenvalue weighted by atomic mass is 10.2. The number of para-hydroxylation sites is 5. The van der Waals surface area contributed by atoms with Crippen molar-refractivity contribution in [2.24, 2.45) is 0 Å². The van der Waals surface area contributed by atoms with Crippen LogP contribution in [0.15, 0.2) is 78.9 Å². The van der Waals surface area contributed by atoms with Crippen LogP contribution in [0.4, 0.5) is 11.4 Å². The van der Waals surface area contributed by atoms with Gasteiger partial charge < -0.3 is 25.8 Å². The van der Waals surface area contributed by atoms with E-state index in [9.17, 15) is 0 Å². The quantitative estimate of drug-likeness (QED) is 0.379. The van der Waals surface area contributed by atoms with Crippen LogP contribution < -0.4 is 20.7 Å². The van der Waals surface area contributed by atoms with Crippen LogP contribution in [-0.4, -0.2) is 31.3 Å². The highest BCUT2D eigenvalue weighted by atomic mass is 16.5. The predicted octanol–water partition coefficient (Wildman–Crippen LogP) is 4.11. The van der Waals surface area contributed by atoms with E-state index in [1.165, 1.54) is 0 Å². The standard InChI is InChI=1S/C12H9NO.C6H6O.C4H10N2/c1-3-7-11-9(5-1)13-10-6-2-4-8-12(10)14-11;7-6-4-2-1-3-5-6;1-2-6-4-3-5-1/h1-8,13H;1-5,7H;5-6H,1-4H2. The second-order valence-corrected chi connectivity index (χ2v) is 6.05. The summed E-state index contributed by atoms with van der Waals surface area (Å²) in [5.74, 6) is 2.08. The highest BCUT2D eigenvalue weighted by Crippen LogP contribution is 2.40. The summed E-state index contributed by atoms with van der Waals surface area (Å²) in [5, 5.41) is 18.4. The molecule has 1 fully saturated rings. The highest BCUT2D eigenvalue weighted by Gasteiger charge is 2.13. The van der Waals surface area contributed by atoms with Crippen molar-refractivity contribution in [2.75, 3.05) is 31.5 Å². The summed E-state index contributed by atoms with van der Waals surface area (Å²) >= 11 is 0. The van der Waals surface area contributed by atoms with E-state index in [0.717, 1.165) is 49.1 Å². The zero-order chi connectivity index (χ0) is 18.7. The third-order valence-electron chi connectivity index (χ3n) is 3.98. The van der Waals surface area contributed by atoms with Gasteiger partial charge in [0.15, 0.2) is 11.5 Å². The maximum atomic E-state index is 8.63. The molecule has 0 unspecified atom stereocenters. The fourth-order valence-electron chi connectivity index (χ4n) is 2.61. The van der Waals surface area contributed by atoms with Crippen LogP contribution >= 0.6 is 0 Å². The zero-order valence-electron chi connectivity index (χ0n) is 15.2. The minimum absolute atomic E-state index is 0.322. The average Bonchev–Trinajstić information content (AvgIpc) is 2.75. The van der Waals surface area contributed by atoms with Crippen LogP contribution in [0.2, 0.25) is 0 Å². The molecule has 0 aliphatic carbocycles. The number of piperazine rings is 1. The number of phenols is 1. The van der Waals surface area contributed by atoms with Crippen molar-refractivity contribution < 1.29 is 9.84 Å². The van der Waals surface area contributed by atoms with E-state index in [4.69, 9.17) is 9.84 Å². The van der Waals surface area contributed by atoms with E-state index in [1.807, 2.05) is 54.6 Å². The molecule has 4 N–H and O–H groups in total. The molecular weight excluding hydrogens is 338 g/mol. The second-order valence-electron chi connectivity index (χ2n) is 6.05. The number of hydrogen-bond acceptors (Lipinski definition) is 5. The van der Waals surface area contributed by atoms with Crippen molar-refractivity contribution in [1.82, 2.24) is 10.6 Å². The molecule has 2 aliphatic heterocycles. The normalized spacial score (nSPS) is 13.8. The molecule has 0 amide bonds. The Morgan fingerprint density at radius 1 is 0.593 bits per heavy atom. The second kappa shape index (κ2) is 10.2. The van der Waals surface area contributed by atoms with Crippen molar-refractivity contribution in [3.05, 3.63) is 78.9 Å². The molecule has 0 atom stereocenters. The van der Waals surface area contributed by atoms with Gasteiger partial charge in [-0.3, -0.25) is 0 Å². The fraction of sp³-hybridized carbons (Fsp3) is 0.182. The molecule has 27 heavy (non-hydrogen) atoms. The van der Waals surface area contributed by atoms with Crippen LogP contribution in [0.1, 0.15) is 0 Å². The first kappa shape index (κ1) is 18.8. The molecule has 0 saturated carbocycles. The fourth-order valence-corrected chi connectivity index (χ4v) is 2.61. The summed E-state index contributed by atoms with van der Waals surface area (Å²) in [6, 6.07) is 24.5. The monoisotopic (exact) mass is 363 g/mol. The lowest BCUT2D eigenvalue weighted by Gasteiger charge is -2.20. The molecule has 2 aliphatic rings. The van der Waals surface area contributed by atoms with Gasteiger partial charge in [0.05, 0.1) is 11.4 Å². The Morgan fingerprint density at radius 2 is 1.04 bits per heavy atom. The first-order valence-electron chi connectivity index (χ1n) is 9.11. The van der Waals surface area contributed by atoms with Crippen molar-refractivity contribution in [3.8, 4) is 17.2 Å². The van der Waals surface area contributed by atoms with Crippen LogP contribution in [0.5, 0.6) is 17.2 Å². The van der Waals surface area contributed by atoms with E-state index in [2.05, 4.69) is 16.0 Å². The molecule has 0 spiro atoms. The molecule has 3 aromatic carbocycles. The maximum absolute atomic E-state index is 8.63. The van der Waals surface area contributed by atoms with Gasteiger partial charge in [-0.2, -0.15) is 0 Å². The van der Waals surface area contributed by atoms with E-state index in [1.54, 1.807) is 24.3 Å². The van der Waals surface area contributed by atoms with Gasteiger partial charge in [0.2, 0.25) is 0 Å². The lowest BCUT2D eigenvalue weighted by molar-refractivity contribution is 0.475. The molecule has 1 saturated heterocycles. The minimum Gasteiger partial charge on any atom is -0.508 e. The maximum Gasteiger partial charge on any atom is 0.150 e. The Morgan fingerprint density at radius 3 is 1.44 bits per heavy atom. The summed E-state index contributed by atoms with van der Waals surface area (Å²) in [4.78, 5) is 0. The third kappa shape index (κ3) is 6.02. The Hall–Kier alpha value is -3.02. The largest absolute Gasteiger partial charge is 0.508 e. The van der Waals surface area contributed by atoms with Crippen LogP contribution in [0.3, 0.4) is 0 Å². The Bertz CT molecular complexity index is 722. The van der Waals surface area contributed by atoms with Gasteiger partial charge in [0, 0.05) is 26.2 Å². The summed E-state index contributed by atoms with van der Waals surface area (Å²) in [6.07, 6.45) is 0. The van der Waals surface area contributed by atoms with Gasteiger partial charge in [-0.15, -0.1) is 0 Å². The van der Waals surface area contributed by atoms with Gasteiger partial charge in [-0.1, -0.05) is 42.5 Å². The third-order valence-corrected chi connectivity index (χ3v) is 3.98. The number of nitrogens with one attached hydrogen (secondary N) is 3. The molecule has 3 aromatic rings. The smallest absolute Gasteiger partial charge is 0.150 e. The van der Waals surface area contributed by atoms with Crippen molar-refractivity contribution in [2.45, 2.75) is 0 Å². The Kier molecular flexibility index (Phi) is 7.09. The van der Waals surface area contributed by atoms with E-state index < -0.39 is 0 Å². The Balaban J connectivity index is 0.000000135. The van der Waals surface area contributed by atoms with Crippen molar-refractivity contribution >= 4 is 11.4 Å². The SMILES string of the molecule is C1CNCCN1.Oc1ccccc1.c1ccc2c(c1)Nc1ccccc1O2. The minimum atomic E-state index is 0.322. The molecule has 5 rings (SSSR count). The van der Waals surface area contributed by atoms with Gasteiger partial charge in [-0.25, -0.2) is 0 Å². The average molecular weight is 363 g/mol. The first-order valence-corrected chi connectivity index (χ1v) is 9.11. The number of benzene rings is 3. The van der Waals surface area contributed by atoms with Crippen molar-refractivity contribution in [3.63, 3.8) is 0 Å².